The molecule has 0 saturated carbocycles. The van der Waals surface area contributed by atoms with E-state index >= 15 is 0 Å². The van der Waals surface area contributed by atoms with Gasteiger partial charge in [0.1, 0.15) is 28.6 Å². The molecular formula is C58H57F3N6O14S2. The molecule has 6 aromatic rings. The van der Waals surface area contributed by atoms with Crippen LogP contribution in [0, 0.1) is 6.92 Å². The first kappa shape index (κ1) is 63.1. The number of sulfonamides is 1. The zero-order valence-corrected chi connectivity index (χ0v) is 46.4. The Morgan fingerprint density at radius 3 is 1.45 bits per heavy atom. The molecule has 0 heterocycles. The number of unbranched alkanes of at least 4 members (excludes halogenated alkanes) is 6. The molecule has 0 radical (unpaired) electrons. The minimum atomic E-state index is -5.02. The Balaban J connectivity index is 1.07. The summed E-state index contributed by atoms with van der Waals surface area (Å²) in [6.45, 7) is 9.81. The fraction of sp³-hybridized carbons (Fsp3) is 0.241. The number of halogens is 3. The van der Waals surface area contributed by atoms with Gasteiger partial charge >= 0.3 is 30.1 Å². The molecule has 6 aromatic carbocycles. The Morgan fingerprint density at radius 1 is 0.566 bits per heavy atom. The summed E-state index contributed by atoms with van der Waals surface area (Å²) in [5.74, 6) is -2.20. The standard InChI is InChI=1S/C58H57F3N6O14S2/c1-4-54(68)78-32-12-8-6-10-30-76-45-22-14-39(15-23-45)56(70)80-51-28-20-41(34-38(51)3)63-66-44-19-27-48(53(37-44)83(62,74)75)47-26-18-43(36-50(47)67-82(72)73)65-64-42-21-29-52(49(35-42)58(59,60)61)81-57(71)40-16-24-46(25-17-40)77-31-11-7-9-13-33-79-55(69)5-2/h4-5,14-29,34-37,82H,1-2,6-13,30-33H2,3H3,(H2,62,74,75)(H,67,72,73). The number of hydrogen-bond acceptors (Lipinski definition) is 18. The molecule has 0 aliphatic rings. The van der Waals surface area contributed by atoms with E-state index in [4.69, 9.17) is 33.6 Å². The van der Waals surface area contributed by atoms with Crippen LogP contribution in [-0.2, 0) is 46.2 Å². The monoisotopic (exact) mass is 1180 g/mol. The van der Waals surface area contributed by atoms with Gasteiger partial charge in [-0.1, -0.05) is 25.3 Å². The third kappa shape index (κ3) is 20.2. The zero-order valence-electron chi connectivity index (χ0n) is 44.7. The van der Waals surface area contributed by atoms with E-state index in [0.29, 0.717) is 61.5 Å². The number of hydrogen-bond donors (Lipinski definition) is 3. The fourth-order valence-electron chi connectivity index (χ4n) is 7.63. The van der Waals surface area contributed by atoms with Gasteiger partial charge in [-0.2, -0.15) is 33.6 Å². The quantitative estimate of drug-likeness (QED) is 0.00944. The molecule has 25 heteroatoms. The molecule has 0 bridgehead atoms. The zero-order chi connectivity index (χ0) is 59.9. The molecule has 3 N–H and O–H groups in total. The smallest absolute Gasteiger partial charge is 0.420 e. The van der Waals surface area contributed by atoms with E-state index in [2.05, 4.69) is 38.3 Å². The predicted molar refractivity (Wildman–Crippen MR) is 301 cm³/mol. The van der Waals surface area contributed by atoms with Gasteiger partial charge in [0.2, 0.25) is 20.9 Å². The SMILES string of the molecule is C=CC(=O)OCCCCCCOc1ccc(C(=O)Oc2ccc(N=Nc3ccc(-c4ccc(N=Nc5ccc(OC(=O)c6ccc(OCCCCCCOC(=O)C=C)cc6)c(C(F)(F)F)c5)cc4N[SH](=O)=O)c(S(N)(=O)=O)c3)cc2C)cc1. The van der Waals surface area contributed by atoms with Gasteiger partial charge in [0.15, 0.2) is 0 Å². The molecule has 0 aromatic heterocycles. The molecule has 6 rings (SSSR count). The third-order valence-corrected chi connectivity index (χ3v) is 13.2. The van der Waals surface area contributed by atoms with Crippen LogP contribution in [0.2, 0.25) is 0 Å². The van der Waals surface area contributed by atoms with Crippen molar-refractivity contribution in [1.29, 1.82) is 0 Å². The van der Waals surface area contributed by atoms with Crippen LogP contribution in [-0.4, -0.2) is 67.1 Å². The number of ether oxygens (including phenoxy) is 6. The number of nitrogens with two attached hydrogens (primary N) is 1. The van der Waals surface area contributed by atoms with Crippen molar-refractivity contribution in [2.24, 2.45) is 25.6 Å². The van der Waals surface area contributed by atoms with Crippen molar-refractivity contribution in [2.75, 3.05) is 31.1 Å². The van der Waals surface area contributed by atoms with Crippen molar-refractivity contribution in [3.05, 3.63) is 169 Å². The van der Waals surface area contributed by atoms with Crippen molar-refractivity contribution in [3.8, 4) is 34.1 Å². The highest BCUT2D eigenvalue weighted by Crippen LogP contribution is 2.41. The maximum atomic E-state index is 14.3. The highest BCUT2D eigenvalue weighted by molar-refractivity contribution is 7.89. The lowest BCUT2D eigenvalue weighted by Crippen LogP contribution is -2.13. The number of thiol groups is 1. The van der Waals surface area contributed by atoms with Crippen LogP contribution in [0.25, 0.3) is 11.1 Å². The Morgan fingerprint density at radius 2 is 0.988 bits per heavy atom. The molecule has 0 atom stereocenters. The fourth-order valence-corrected chi connectivity index (χ4v) is 8.79. The predicted octanol–water partition coefficient (Wildman–Crippen LogP) is 12.9. The molecule has 0 fully saturated rings. The number of primary sulfonamides is 1. The number of azo groups is 2. The summed E-state index contributed by atoms with van der Waals surface area (Å²) in [5.41, 5.74) is -0.935. The van der Waals surface area contributed by atoms with Gasteiger partial charge < -0.3 is 28.4 Å². The summed E-state index contributed by atoms with van der Waals surface area (Å²) in [6.07, 6.45) is 3.47. The molecular weight excluding hydrogens is 1130 g/mol. The van der Waals surface area contributed by atoms with E-state index in [-0.39, 0.29) is 57.4 Å². The van der Waals surface area contributed by atoms with Gasteiger partial charge in [-0.15, -0.1) is 0 Å². The number of carbonyl (C=O) groups is 4. The van der Waals surface area contributed by atoms with E-state index < -0.39 is 67.2 Å². The topological polar surface area (TPSA) is 279 Å². The maximum absolute atomic E-state index is 14.3. The molecule has 0 spiro atoms. The largest absolute Gasteiger partial charge is 0.494 e. The molecule has 0 aliphatic heterocycles. The van der Waals surface area contributed by atoms with Crippen LogP contribution >= 0.6 is 0 Å². The van der Waals surface area contributed by atoms with Gasteiger partial charge in [0.25, 0.3) is 0 Å². The number of benzene rings is 6. The number of carbonyl (C=O) groups excluding carboxylic acids is 4. The minimum absolute atomic E-state index is 0.00713. The molecule has 0 amide bonds. The second kappa shape index (κ2) is 30.7. The van der Waals surface area contributed by atoms with Crippen molar-refractivity contribution in [2.45, 2.75) is 69.4 Å². The number of rotatable bonds is 30. The van der Waals surface area contributed by atoms with Crippen LogP contribution in [0.1, 0.15) is 83.2 Å². The number of nitrogens with zero attached hydrogens (tertiary/aromatic N) is 4. The van der Waals surface area contributed by atoms with Gasteiger partial charge in [0, 0.05) is 23.3 Å². The Kier molecular flexibility index (Phi) is 23.3. The second-order valence-corrected chi connectivity index (χ2v) is 20.2. The van der Waals surface area contributed by atoms with Crippen LogP contribution in [0.5, 0.6) is 23.0 Å². The first-order valence-electron chi connectivity index (χ1n) is 25.6. The van der Waals surface area contributed by atoms with Crippen LogP contribution in [0.3, 0.4) is 0 Å². The van der Waals surface area contributed by atoms with Crippen molar-refractivity contribution in [3.63, 3.8) is 0 Å². The van der Waals surface area contributed by atoms with Crippen molar-refractivity contribution >= 4 is 73.2 Å². The summed E-state index contributed by atoms with van der Waals surface area (Å²) in [7, 11) is -7.91. The highest BCUT2D eigenvalue weighted by atomic mass is 32.2. The Bertz CT molecular complexity index is 3550. The number of esters is 4. The number of aryl methyl sites for hydroxylation is 1. The van der Waals surface area contributed by atoms with Gasteiger partial charge in [-0.05, 0) is 173 Å². The number of nitrogens with one attached hydrogen (secondary N) is 1. The van der Waals surface area contributed by atoms with Crippen LogP contribution < -0.4 is 28.8 Å². The van der Waals surface area contributed by atoms with Crippen LogP contribution in [0.15, 0.2) is 172 Å². The Labute approximate surface area is 478 Å². The average Bonchev–Trinajstić information content (AvgIpc) is 3.66. The number of anilines is 1. The molecule has 0 unspecified atom stereocenters. The van der Waals surface area contributed by atoms with Gasteiger partial charge in [0.05, 0.1) is 70.9 Å². The molecule has 20 nitrogen and oxygen atoms in total. The molecule has 0 saturated heterocycles. The average molecular weight is 1180 g/mol. The Hall–Kier alpha value is -9.07. The van der Waals surface area contributed by atoms with Gasteiger partial charge in [-0.3, -0.25) is 4.72 Å². The summed E-state index contributed by atoms with van der Waals surface area (Å²) < 4.78 is 127. The van der Waals surface area contributed by atoms with E-state index in [1.807, 2.05) is 0 Å². The molecule has 436 valence electrons. The molecule has 0 aliphatic carbocycles. The third-order valence-electron chi connectivity index (χ3n) is 11.8. The summed E-state index contributed by atoms with van der Waals surface area (Å²) >= 11 is 0. The minimum Gasteiger partial charge on any atom is -0.494 e. The first-order chi connectivity index (χ1) is 39.7. The van der Waals surface area contributed by atoms with E-state index in [1.54, 1.807) is 37.3 Å². The summed E-state index contributed by atoms with van der Waals surface area (Å²) in [6, 6.07) is 26.9. The summed E-state index contributed by atoms with van der Waals surface area (Å²) in [4.78, 5) is 47.7. The normalized spacial score (nSPS) is 11.5. The molecule has 83 heavy (non-hydrogen) atoms. The van der Waals surface area contributed by atoms with Crippen molar-refractivity contribution in [1.82, 2.24) is 0 Å². The lowest BCUT2D eigenvalue weighted by Gasteiger charge is -2.14. The van der Waals surface area contributed by atoms with E-state index in [0.717, 1.165) is 74.9 Å². The van der Waals surface area contributed by atoms with Crippen LogP contribution in [0.4, 0.5) is 41.6 Å². The van der Waals surface area contributed by atoms with Gasteiger partial charge in [-0.25, -0.2) is 41.2 Å². The number of alkyl halides is 3. The summed E-state index contributed by atoms with van der Waals surface area (Å²) in [5, 5.41) is 21.9. The van der Waals surface area contributed by atoms with E-state index in [1.165, 1.54) is 60.7 Å². The lowest BCUT2D eigenvalue weighted by molar-refractivity contribution is -0.139. The van der Waals surface area contributed by atoms with E-state index in [9.17, 15) is 49.2 Å². The second-order valence-electron chi connectivity index (χ2n) is 17.9. The highest BCUT2D eigenvalue weighted by Gasteiger charge is 2.36. The lowest BCUT2D eigenvalue weighted by atomic mass is 10.0. The van der Waals surface area contributed by atoms with Crippen molar-refractivity contribution < 1.29 is 77.6 Å². The first-order valence-corrected chi connectivity index (χ1v) is 28.3. The maximum Gasteiger partial charge on any atom is 0.420 e.